The Kier molecular flexibility index (Phi) is 4.82. The van der Waals surface area contributed by atoms with Gasteiger partial charge < -0.3 is 0 Å². The first-order valence-electron chi connectivity index (χ1n) is 6.90. The summed E-state index contributed by atoms with van der Waals surface area (Å²) in [5.41, 5.74) is 1.90. The zero-order valence-electron chi connectivity index (χ0n) is 12.5. The molecule has 25 heavy (non-hydrogen) atoms. The van der Waals surface area contributed by atoms with Crippen LogP contribution in [0.15, 0.2) is 52.9 Å². The van der Waals surface area contributed by atoms with Gasteiger partial charge in [-0.2, -0.15) is 5.10 Å². The monoisotopic (exact) mass is 374 g/mol. The Bertz CT molecular complexity index is 950. The van der Waals surface area contributed by atoms with E-state index in [4.69, 9.17) is 0 Å². The molecule has 1 aromatic carbocycles. The van der Waals surface area contributed by atoms with Crippen LogP contribution >= 0.6 is 22.7 Å². The van der Waals surface area contributed by atoms with Crippen molar-refractivity contribution in [2.45, 2.75) is 0 Å². The average molecular weight is 374 g/mol. The van der Waals surface area contributed by atoms with Crippen LogP contribution in [-0.4, -0.2) is 16.1 Å². The van der Waals surface area contributed by atoms with Gasteiger partial charge in [0.1, 0.15) is 5.69 Å². The summed E-state index contributed by atoms with van der Waals surface area (Å²) in [5.74, 6) is 0. The molecule has 126 valence electrons. The van der Waals surface area contributed by atoms with E-state index < -0.39 is 15.5 Å². The van der Waals surface area contributed by atoms with Crippen molar-refractivity contribution in [3.05, 3.63) is 73.0 Å². The maximum atomic E-state index is 11.1. The van der Waals surface area contributed by atoms with Crippen LogP contribution in [0.25, 0.3) is 9.75 Å². The lowest BCUT2D eigenvalue weighted by molar-refractivity contribution is -0.393. The van der Waals surface area contributed by atoms with Crippen LogP contribution in [0.5, 0.6) is 0 Å². The van der Waals surface area contributed by atoms with Crippen molar-refractivity contribution < 1.29 is 9.85 Å². The Labute approximate surface area is 149 Å². The maximum Gasteiger partial charge on any atom is 0.301 e. The Morgan fingerprint density at radius 3 is 2.56 bits per heavy atom. The number of hydrogen-bond acceptors (Lipinski definition) is 8. The zero-order valence-corrected chi connectivity index (χ0v) is 14.1. The van der Waals surface area contributed by atoms with E-state index in [1.165, 1.54) is 12.1 Å². The normalized spacial score (nSPS) is 10.9. The fourth-order valence-corrected chi connectivity index (χ4v) is 3.73. The van der Waals surface area contributed by atoms with Gasteiger partial charge in [0.25, 0.3) is 5.69 Å². The van der Waals surface area contributed by atoms with E-state index in [1.807, 2.05) is 29.6 Å². The Hall–Kier alpha value is -3.11. The molecule has 1 N–H and O–H groups in total. The third kappa shape index (κ3) is 3.87. The number of anilines is 1. The number of nitrogens with zero attached hydrogens (tertiary/aromatic N) is 3. The molecule has 0 saturated carbocycles. The van der Waals surface area contributed by atoms with Crippen molar-refractivity contribution in [3.63, 3.8) is 0 Å². The smallest absolute Gasteiger partial charge is 0.272 e. The number of nitro groups is 2. The number of nitro benzene ring substituents is 2. The number of non-ortho nitro benzene ring substituents is 1. The van der Waals surface area contributed by atoms with E-state index >= 15 is 0 Å². The van der Waals surface area contributed by atoms with E-state index in [0.29, 0.717) is 0 Å². The molecule has 0 atom stereocenters. The minimum absolute atomic E-state index is 0.0851. The summed E-state index contributed by atoms with van der Waals surface area (Å²) in [7, 11) is 0. The first kappa shape index (κ1) is 16.7. The van der Waals surface area contributed by atoms with Gasteiger partial charge in [-0.25, -0.2) is 0 Å². The highest BCUT2D eigenvalue weighted by Gasteiger charge is 2.19. The summed E-state index contributed by atoms with van der Waals surface area (Å²) in [4.78, 5) is 23.5. The molecule has 0 aliphatic heterocycles. The molecule has 0 radical (unpaired) electrons. The number of thiophene rings is 2. The minimum atomic E-state index is -0.690. The molecule has 3 rings (SSSR count). The average Bonchev–Trinajstić information content (AvgIpc) is 3.26. The van der Waals surface area contributed by atoms with Crippen LogP contribution in [0.4, 0.5) is 17.1 Å². The van der Waals surface area contributed by atoms with E-state index in [1.54, 1.807) is 28.9 Å². The number of hydrogen-bond donors (Lipinski definition) is 1. The van der Waals surface area contributed by atoms with Crippen molar-refractivity contribution in [1.82, 2.24) is 0 Å². The molecule has 0 aliphatic rings. The van der Waals surface area contributed by atoms with Gasteiger partial charge in [-0.3, -0.25) is 25.7 Å². The highest BCUT2D eigenvalue weighted by molar-refractivity contribution is 7.22. The molecule has 0 unspecified atom stereocenters. The molecule has 2 heterocycles. The number of nitrogens with one attached hydrogen (secondary N) is 1. The highest BCUT2D eigenvalue weighted by atomic mass is 32.1. The molecule has 0 fully saturated rings. The van der Waals surface area contributed by atoms with Gasteiger partial charge in [0.15, 0.2) is 0 Å². The Morgan fingerprint density at radius 1 is 1.04 bits per heavy atom. The molecule has 3 aromatic rings. The van der Waals surface area contributed by atoms with Crippen molar-refractivity contribution in [2.75, 3.05) is 5.43 Å². The number of hydrazone groups is 1. The summed E-state index contributed by atoms with van der Waals surface area (Å²) in [6, 6.07) is 11.2. The van der Waals surface area contributed by atoms with Gasteiger partial charge in [-0.1, -0.05) is 6.07 Å². The fraction of sp³-hybridized carbons (Fsp3) is 0. The van der Waals surface area contributed by atoms with Gasteiger partial charge >= 0.3 is 5.69 Å². The molecule has 0 saturated heterocycles. The second kappa shape index (κ2) is 7.20. The third-order valence-electron chi connectivity index (χ3n) is 3.16. The molecular weight excluding hydrogens is 364 g/mol. The lowest BCUT2D eigenvalue weighted by Gasteiger charge is -2.01. The maximum absolute atomic E-state index is 11.1. The van der Waals surface area contributed by atoms with Crippen LogP contribution in [0, 0.1) is 20.2 Å². The molecule has 0 bridgehead atoms. The van der Waals surface area contributed by atoms with Gasteiger partial charge in [0, 0.05) is 20.7 Å². The molecule has 2 aromatic heterocycles. The standard InChI is InChI=1S/C15H10N4O4S2/c20-18(21)10-3-5-12(13(8-10)19(22)23)17-16-9-11-4-6-15(25-11)14-2-1-7-24-14/h1-9,17H/b16-9+. The van der Waals surface area contributed by atoms with Crippen LogP contribution in [-0.2, 0) is 0 Å². The van der Waals surface area contributed by atoms with Crippen molar-refractivity contribution in [3.8, 4) is 9.75 Å². The number of rotatable bonds is 6. The van der Waals surface area contributed by atoms with E-state index in [0.717, 1.165) is 20.7 Å². The predicted octanol–water partition coefficient (Wildman–Crippen LogP) is 4.74. The summed E-state index contributed by atoms with van der Waals surface area (Å²) in [6.07, 6.45) is 1.55. The highest BCUT2D eigenvalue weighted by Crippen LogP contribution is 2.31. The molecule has 0 amide bonds. The summed E-state index contributed by atoms with van der Waals surface area (Å²) >= 11 is 3.18. The van der Waals surface area contributed by atoms with Crippen LogP contribution < -0.4 is 5.43 Å². The van der Waals surface area contributed by atoms with Crippen LogP contribution in [0.2, 0.25) is 0 Å². The molecule has 0 spiro atoms. The third-order valence-corrected chi connectivity index (χ3v) is 5.24. The molecule has 10 heteroatoms. The second-order valence-electron chi connectivity index (χ2n) is 4.76. The second-order valence-corrected chi connectivity index (χ2v) is 6.83. The van der Waals surface area contributed by atoms with Crippen LogP contribution in [0.1, 0.15) is 4.88 Å². The van der Waals surface area contributed by atoms with Gasteiger partial charge in [-0.05, 0) is 29.6 Å². The van der Waals surface area contributed by atoms with Gasteiger partial charge in [-0.15, -0.1) is 22.7 Å². The predicted molar refractivity (Wildman–Crippen MR) is 98.6 cm³/mol. The molecule has 8 nitrogen and oxygen atoms in total. The van der Waals surface area contributed by atoms with Crippen molar-refractivity contribution in [2.24, 2.45) is 5.10 Å². The number of benzene rings is 1. The topological polar surface area (TPSA) is 111 Å². The quantitative estimate of drug-likeness (QED) is 0.380. The first-order chi connectivity index (χ1) is 12.0. The Balaban J connectivity index is 1.76. The Morgan fingerprint density at radius 2 is 1.88 bits per heavy atom. The van der Waals surface area contributed by atoms with Gasteiger partial charge in [0.2, 0.25) is 0 Å². The van der Waals surface area contributed by atoms with Crippen LogP contribution in [0.3, 0.4) is 0 Å². The lowest BCUT2D eigenvalue weighted by atomic mass is 10.2. The summed E-state index contributed by atoms with van der Waals surface area (Å²) in [5, 5.41) is 27.8. The fourth-order valence-electron chi connectivity index (χ4n) is 2.02. The minimum Gasteiger partial charge on any atom is -0.272 e. The first-order valence-corrected chi connectivity index (χ1v) is 8.60. The largest absolute Gasteiger partial charge is 0.301 e. The van der Waals surface area contributed by atoms with Crippen molar-refractivity contribution >= 4 is 46.0 Å². The van der Waals surface area contributed by atoms with E-state index in [2.05, 4.69) is 10.5 Å². The SMILES string of the molecule is O=[N+]([O-])c1ccc(N/N=C/c2ccc(-c3cccs3)s2)c([N+](=O)[O-])c1. The van der Waals surface area contributed by atoms with E-state index in [9.17, 15) is 20.2 Å². The summed E-state index contributed by atoms with van der Waals surface area (Å²) in [6.45, 7) is 0. The zero-order chi connectivity index (χ0) is 17.8. The van der Waals surface area contributed by atoms with E-state index in [-0.39, 0.29) is 11.4 Å². The lowest BCUT2D eigenvalue weighted by Crippen LogP contribution is -1.98. The molecule has 0 aliphatic carbocycles. The molecular formula is C15H10N4O4S2. The summed E-state index contributed by atoms with van der Waals surface area (Å²) < 4.78 is 0. The van der Waals surface area contributed by atoms with Crippen molar-refractivity contribution in [1.29, 1.82) is 0 Å². The van der Waals surface area contributed by atoms with Gasteiger partial charge in [0.05, 0.1) is 22.1 Å².